The molecule has 0 saturated heterocycles. The molecule has 2 nitrogen and oxygen atoms in total. The standard InChI is InChI=1S/C33H31BN2/c1-5-9-18-25(6-2)35-29(7-3)33-30(8-4)36(26-19-12-10-13-20-26)32-24-17-16-22-28(32)34(33)27-21-14-11-15-23-31(27)35/h5-22,24H,2,4,23H2,1,3H3/b9-5-,25-18+,29-7+. The molecule has 2 heterocycles. The van der Waals surface area contributed by atoms with Gasteiger partial charge in [0.1, 0.15) is 0 Å². The third kappa shape index (κ3) is 3.78. The number of fused-ring (bicyclic) bond motifs is 4. The summed E-state index contributed by atoms with van der Waals surface area (Å²) in [4.78, 5) is 4.73. The summed E-state index contributed by atoms with van der Waals surface area (Å²) in [5, 5.41) is 0. The Balaban J connectivity index is 1.89. The average Bonchev–Trinajstić information content (AvgIpc) is 3.18. The van der Waals surface area contributed by atoms with Crippen LogP contribution in [0.4, 0.5) is 11.4 Å². The number of benzene rings is 2. The zero-order valence-corrected chi connectivity index (χ0v) is 21.1. The number of hydrogen-bond acceptors (Lipinski definition) is 2. The van der Waals surface area contributed by atoms with Crippen molar-refractivity contribution in [2.24, 2.45) is 0 Å². The first kappa shape index (κ1) is 23.5. The summed E-state index contributed by atoms with van der Waals surface area (Å²) in [6.07, 6.45) is 22.2. The molecule has 3 heteroatoms. The van der Waals surface area contributed by atoms with Crippen LogP contribution in [0.5, 0.6) is 0 Å². The molecule has 5 rings (SSSR count). The van der Waals surface area contributed by atoms with Crippen LogP contribution in [0.15, 0.2) is 162 Å². The van der Waals surface area contributed by atoms with Gasteiger partial charge in [-0.2, -0.15) is 0 Å². The van der Waals surface area contributed by atoms with Crippen molar-refractivity contribution in [3.8, 4) is 0 Å². The van der Waals surface area contributed by atoms with Crippen LogP contribution < -0.4 is 10.4 Å². The average molecular weight is 466 g/mol. The maximum atomic E-state index is 4.32. The minimum Gasteiger partial charge on any atom is -0.315 e. The number of para-hydroxylation sites is 2. The number of hydrogen-bond donors (Lipinski definition) is 0. The predicted octanol–water partition coefficient (Wildman–Crippen LogP) is 7.69. The normalized spacial score (nSPS) is 18.4. The number of rotatable bonds is 5. The molecule has 176 valence electrons. The summed E-state index contributed by atoms with van der Waals surface area (Å²) in [7, 11) is 0. The lowest BCUT2D eigenvalue weighted by atomic mass is 9.32. The van der Waals surface area contributed by atoms with Crippen molar-refractivity contribution in [2.75, 3.05) is 4.90 Å². The van der Waals surface area contributed by atoms with Gasteiger partial charge in [0.2, 0.25) is 0 Å². The Morgan fingerprint density at radius 1 is 0.972 bits per heavy atom. The van der Waals surface area contributed by atoms with Crippen LogP contribution >= 0.6 is 0 Å². The molecule has 0 radical (unpaired) electrons. The lowest BCUT2D eigenvalue weighted by molar-refractivity contribution is 0.535. The largest absolute Gasteiger partial charge is 0.315 e. The smallest absolute Gasteiger partial charge is 0.251 e. The zero-order chi connectivity index (χ0) is 25.1. The highest BCUT2D eigenvalue weighted by Crippen LogP contribution is 2.46. The van der Waals surface area contributed by atoms with Crippen molar-refractivity contribution in [2.45, 2.75) is 20.3 Å². The zero-order valence-electron chi connectivity index (χ0n) is 21.1. The van der Waals surface area contributed by atoms with Crippen molar-refractivity contribution in [1.29, 1.82) is 0 Å². The third-order valence-electron chi connectivity index (χ3n) is 6.97. The molecular weight excluding hydrogens is 435 g/mol. The Hall–Kier alpha value is -4.24. The Morgan fingerprint density at radius 3 is 2.47 bits per heavy atom. The van der Waals surface area contributed by atoms with E-state index in [1.54, 1.807) is 0 Å². The highest BCUT2D eigenvalue weighted by atomic mass is 15.2. The quantitative estimate of drug-likeness (QED) is 0.329. The molecule has 0 atom stereocenters. The maximum absolute atomic E-state index is 4.32. The lowest BCUT2D eigenvalue weighted by Crippen LogP contribution is -2.50. The van der Waals surface area contributed by atoms with Gasteiger partial charge in [-0.05, 0) is 66.7 Å². The predicted molar refractivity (Wildman–Crippen MR) is 156 cm³/mol. The molecule has 0 fully saturated rings. The van der Waals surface area contributed by atoms with E-state index < -0.39 is 0 Å². The fourth-order valence-corrected chi connectivity index (χ4v) is 5.54. The molecule has 0 saturated carbocycles. The molecule has 0 amide bonds. The fraction of sp³-hybridized carbons (Fsp3) is 0.0909. The summed E-state index contributed by atoms with van der Waals surface area (Å²) in [5.41, 5.74) is 10.8. The van der Waals surface area contributed by atoms with Crippen molar-refractivity contribution >= 4 is 23.6 Å². The van der Waals surface area contributed by atoms with Gasteiger partial charge in [-0.25, -0.2) is 0 Å². The van der Waals surface area contributed by atoms with E-state index in [1.807, 2.05) is 19.1 Å². The van der Waals surface area contributed by atoms with Crippen molar-refractivity contribution < 1.29 is 0 Å². The van der Waals surface area contributed by atoms with Crippen LogP contribution in [0.2, 0.25) is 0 Å². The van der Waals surface area contributed by atoms with Crippen LogP contribution in [-0.2, 0) is 0 Å². The van der Waals surface area contributed by atoms with Gasteiger partial charge in [0, 0.05) is 40.6 Å². The highest BCUT2D eigenvalue weighted by molar-refractivity contribution is 6.89. The number of nitrogens with zero attached hydrogens (tertiary/aromatic N) is 2. The van der Waals surface area contributed by atoms with E-state index >= 15 is 0 Å². The molecule has 0 aromatic heterocycles. The second kappa shape index (κ2) is 10.2. The van der Waals surface area contributed by atoms with Crippen LogP contribution in [0.3, 0.4) is 0 Å². The summed E-state index contributed by atoms with van der Waals surface area (Å²) < 4.78 is 0. The van der Waals surface area contributed by atoms with Gasteiger partial charge >= 0.3 is 0 Å². The first-order valence-corrected chi connectivity index (χ1v) is 12.5. The molecule has 2 aromatic carbocycles. The van der Waals surface area contributed by atoms with E-state index in [0.29, 0.717) is 0 Å². The third-order valence-corrected chi connectivity index (χ3v) is 6.97. The molecule has 0 spiro atoms. The molecule has 3 aliphatic rings. The van der Waals surface area contributed by atoms with Gasteiger partial charge in [0.25, 0.3) is 6.71 Å². The van der Waals surface area contributed by atoms with Crippen molar-refractivity contribution in [1.82, 2.24) is 4.90 Å². The van der Waals surface area contributed by atoms with E-state index in [-0.39, 0.29) is 6.71 Å². The fourth-order valence-electron chi connectivity index (χ4n) is 5.54. The minimum atomic E-state index is 0.107. The monoisotopic (exact) mass is 466 g/mol. The van der Waals surface area contributed by atoms with E-state index in [1.165, 1.54) is 33.5 Å². The van der Waals surface area contributed by atoms with Gasteiger partial charge in [0.15, 0.2) is 0 Å². The molecule has 36 heavy (non-hydrogen) atoms. The van der Waals surface area contributed by atoms with Gasteiger partial charge < -0.3 is 9.80 Å². The van der Waals surface area contributed by atoms with E-state index in [2.05, 4.69) is 133 Å². The molecular formula is C33H31BN2. The molecule has 2 aliphatic heterocycles. The summed E-state index contributed by atoms with van der Waals surface area (Å²) in [6.45, 7) is 12.8. The van der Waals surface area contributed by atoms with Crippen molar-refractivity contribution in [3.63, 3.8) is 0 Å². The highest BCUT2D eigenvalue weighted by Gasteiger charge is 2.44. The first-order valence-electron chi connectivity index (χ1n) is 12.5. The number of anilines is 2. The molecule has 0 bridgehead atoms. The Morgan fingerprint density at radius 2 is 1.75 bits per heavy atom. The summed E-state index contributed by atoms with van der Waals surface area (Å²) in [5.74, 6) is 0. The van der Waals surface area contributed by atoms with Crippen LogP contribution in [0.1, 0.15) is 20.3 Å². The second-order valence-electron chi connectivity index (χ2n) is 8.89. The maximum Gasteiger partial charge on any atom is 0.251 e. The van der Waals surface area contributed by atoms with Gasteiger partial charge in [-0.3, -0.25) is 0 Å². The van der Waals surface area contributed by atoms with Crippen molar-refractivity contribution in [3.05, 3.63) is 162 Å². The van der Waals surface area contributed by atoms with Crippen LogP contribution in [-0.4, -0.2) is 11.6 Å². The van der Waals surface area contributed by atoms with Gasteiger partial charge in [-0.1, -0.05) is 92.1 Å². The topological polar surface area (TPSA) is 6.48 Å². The molecule has 0 N–H and O–H groups in total. The lowest BCUT2D eigenvalue weighted by Gasteiger charge is -2.46. The van der Waals surface area contributed by atoms with E-state index in [9.17, 15) is 0 Å². The SMILES string of the molecule is C=CC1=C2B(C3=C(CC=CC=C3)N(/C(C=C)=C/C=C\C)/C2=C/C)c2ccccc2N1c1ccccc1. The van der Waals surface area contributed by atoms with E-state index in [0.717, 1.165) is 23.5 Å². The molecule has 1 aliphatic carbocycles. The summed E-state index contributed by atoms with van der Waals surface area (Å²) in [6, 6.07) is 19.4. The van der Waals surface area contributed by atoms with E-state index in [4.69, 9.17) is 0 Å². The second-order valence-corrected chi connectivity index (χ2v) is 8.89. The first-order chi connectivity index (χ1) is 17.7. The van der Waals surface area contributed by atoms with Crippen LogP contribution in [0, 0.1) is 0 Å². The number of allylic oxidation sites excluding steroid dienone is 12. The Bertz CT molecular complexity index is 1410. The Labute approximate surface area is 215 Å². The minimum absolute atomic E-state index is 0.107. The molecule has 0 unspecified atom stereocenters. The van der Waals surface area contributed by atoms with Gasteiger partial charge in [-0.15, -0.1) is 0 Å². The summed E-state index contributed by atoms with van der Waals surface area (Å²) >= 11 is 0. The molecule has 2 aromatic rings. The van der Waals surface area contributed by atoms with Gasteiger partial charge in [0.05, 0.1) is 0 Å². The van der Waals surface area contributed by atoms with Crippen LogP contribution in [0.25, 0.3) is 0 Å². The Kier molecular flexibility index (Phi) is 6.64.